The molecule has 2 aromatic carbocycles. The molecule has 3 nitrogen and oxygen atoms in total. The Morgan fingerprint density at radius 2 is 1.71 bits per heavy atom. The van der Waals surface area contributed by atoms with Crippen LogP contribution in [0.1, 0.15) is 12.5 Å². The first kappa shape index (κ1) is 16.0. The summed E-state index contributed by atoms with van der Waals surface area (Å²) in [5, 5.41) is 5.42. The quantitative estimate of drug-likeness (QED) is 0.575. The summed E-state index contributed by atoms with van der Waals surface area (Å²) in [6.45, 7) is 2.58. The Labute approximate surface area is 138 Å². The molecule has 0 saturated heterocycles. The van der Waals surface area contributed by atoms with Crippen LogP contribution in [0.25, 0.3) is 0 Å². The number of hydrazone groups is 1. The molecule has 0 spiro atoms. The molecule has 0 heterocycles. The number of hydrogen-bond donors (Lipinski definition) is 1. The smallest absolute Gasteiger partial charge is 0.119 e. The summed E-state index contributed by atoms with van der Waals surface area (Å²) in [5.74, 6) is 0.825. The summed E-state index contributed by atoms with van der Waals surface area (Å²) in [5.41, 5.74) is 4.25. The molecule has 2 aromatic rings. The van der Waals surface area contributed by atoms with E-state index in [1.54, 1.807) is 18.3 Å². The van der Waals surface area contributed by atoms with E-state index in [0.29, 0.717) is 27.4 Å². The summed E-state index contributed by atoms with van der Waals surface area (Å²) < 4.78 is 5.37. The molecule has 6 heteroatoms. The average molecular weight is 344 g/mol. The highest BCUT2D eigenvalue weighted by molar-refractivity contribution is 6.41. The van der Waals surface area contributed by atoms with Gasteiger partial charge in [0.25, 0.3) is 0 Å². The van der Waals surface area contributed by atoms with Crippen LogP contribution in [0.3, 0.4) is 0 Å². The van der Waals surface area contributed by atoms with Gasteiger partial charge in [0.05, 0.1) is 28.6 Å². The SMILES string of the molecule is CCOc1ccc(/C=N\Nc2c(Cl)cc(Cl)cc2Cl)cc1. The second-order valence-electron chi connectivity index (χ2n) is 4.12. The lowest BCUT2D eigenvalue weighted by atomic mass is 10.2. The van der Waals surface area contributed by atoms with E-state index in [9.17, 15) is 0 Å². The number of halogens is 3. The van der Waals surface area contributed by atoms with Gasteiger partial charge < -0.3 is 4.74 Å². The van der Waals surface area contributed by atoms with Crippen LogP contribution in [0, 0.1) is 0 Å². The second-order valence-corrected chi connectivity index (χ2v) is 5.37. The molecule has 0 atom stereocenters. The fourth-order valence-corrected chi connectivity index (χ4v) is 2.54. The minimum Gasteiger partial charge on any atom is -0.494 e. The molecule has 0 aliphatic rings. The Bertz CT molecular complexity index is 619. The molecule has 21 heavy (non-hydrogen) atoms. The van der Waals surface area contributed by atoms with E-state index in [1.807, 2.05) is 31.2 Å². The van der Waals surface area contributed by atoms with E-state index >= 15 is 0 Å². The average Bonchev–Trinajstić information content (AvgIpc) is 2.44. The molecule has 0 aliphatic carbocycles. The van der Waals surface area contributed by atoms with Gasteiger partial charge in [-0.2, -0.15) is 5.10 Å². The van der Waals surface area contributed by atoms with Crippen LogP contribution in [-0.4, -0.2) is 12.8 Å². The van der Waals surface area contributed by atoms with E-state index in [0.717, 1.165) is 11.3 Å². The molecule has 110 valence electrons. The van der Waals surface area contributed by atoms with Crippen molar-refractivity contribution in [3.8, 4) is 5.75 Å². The Kier molecular flexibility index (Phi) is 5.74. The van der Waals surface area contributed by atoms with Crippen molar-refractivity contribution in [1.29, 1.82) is 0 Å². The standard InChI is InChI=1S/C15H13Cl3N2O/c1-2-21-12-5-3-10(4-6-12)9-19-20-15-13(17)7-11(16)8-14(15)18/h3-9,20H,2H2,1H3/b19-9-. The van der Waals surface area contributed by atoms with Crippen molar-refractivity contribution in [3.05, 3.63) is 57.0 Å². The summed E-state index contributed by atoms with van der Waals surface area (Å²) in [7, 11) is 0. The first-order chi connectivity index (χ1) is 10.1. The fourth-order valence-electron chi connectivity index (χ4n) is 1.64. The molecule has 0 radical (unpaired) electrons. The third kappa shape index (κ3) is 4.53. The molecule has 0 bridgehead atoms. The highest BCUT2D eigenvalue weighted by Gasteiger charge is 2.06. The third-order valence-electron chi connectivity index (χ3n) is 2.59. The topological polar surface area (TPSA) is 33.6 Å². The first-order valence-corrected chi connectivity index (χ1v) is 7.40. The van der Waals surface area contributed by atoms with Gasteiger partial charge >= 0.3 is 0 Å². The van der Waals surface area contributed by atoms with Crippen molar-refractivity contribution in [2.24, 2.45) is 5.10 Å². The zero-order chi connectivity index (χ0) is 15.2. The predicted molar refractivity (Wildman–Crippen MR) is 90.3 cm³/mol. The number of anilines is 1. The number of ether oxygens (including phenoxy) is 1. The minimum atomic E-state index is 0.413. The van der Waals surface area contributed by atoms with Gasteiger partial charge in [-0.3, -0.25) is 5.43 Å². The van der Waals surface area contributed by atoms with Crippen LogP contribution in [0.4, 0.5) is 5.69 Å². The number of benzene rings is 2. The third-order valence-corrected chi connectivity index (χ3v) is 3.40. The van der Waals surface area contributed by atoms with Crippen molar-refractivity contribution < 1.29 is 4.74 Å². The monoisotopic (exact) mass is 342 g/mol. The van der Waals surface area contributed by atoms with Gasteiger partial charge in [-0.1, -0.05) is 34.8 Å². The van der Waals surface area contributed by atoms with Gasteiger partial charge in [-0.05, 0) is 48.9 Å². The lowest BCUT2D eigenvalue weighted by molar-refractivity contribution is 0.340. The Morgan fingerprint density at radius 1 is 1.10 bits per heavy atom. The summed E-state index contributed by atoms with van der Waals surface area (Å²) in [4.78, 5) is 0. The van der Waals surface area contributed by atoms with Crippen molar-refractivity contribution in [3.63, 3.8) is 0 Å². The molecular formula is C15H13Cl3N2O. The summed E-state index contributed by atoms with van der Waals surface area (Å²) in [6, 6.07) is 10.8. The molecule has 0 unspecified atom stereocenters. The van der Waals surface area contributed by atoms with Gasteiger partial charge in [-0.25, -0.2) is 0 Å². The van der Waals surface area contributed by atoms with Crippen molar-refractivity contribution in [2.45, 2.75) is 6.92 Å². The largest absolute Gasteiger partial charge is 0.494 e. The first-order valence-electron chi connectivity index (χ1n) is 6.26. The molecule has 0 amide bonds. The summed E-state index contributed by atoms with van der Waals surface area (Å²) >= 11 is 17.9. The minimum absolute atomic E-state index is 0.413. The van der Waals surface area contributed by atoms with Crippen LogP contribution < -0.4 is 10.2 Å². The number of rotatable bonds is 5. The Hall–Kier alpha value is -1.42. The number of hydrogen-bond acceptors (Lipinski definition) is 3. The van der Waals surface area contributed by atoms with Crippen LogP contribution in [0.5, 0.6) is 5.75 Å². The van der Waals surface area contributed by atoms with E-state index in [4.69, 9.17) is 39.5 Å². The zero-order valence-electron chi connectivity index (χ0n) is 11.2. The van der Waals surface area contributed by atoms with E-state index in [2.05, 4.69) is 10.5 Å². The van der Waals surface area contributed by atoms with Gasteiger partial charge in [0.2, 0.25) is 0 Å². The van der Waals surface area contributed by atoms with Crippen LogP contribution in [-0.2, 0) is 0 Å². The summed E-state index contributed by atoms with van der Waals surface area (Å²) in [6.07, 6.45) is 1.66. The van der Waals surface area contributed by atoms with E-state index in [1.165, 1.54) is 0 Å². The highest BCUT2D eigenvalue weighted by atomic mass is 35.5. The molecular weight excluding hydrogens is 331 g/mol. The zero-order valence-corrected chi connectivity index (χ0v) is 13.5. The maximum Gasteiger partial charge on any atom is 0.119 e. The molecule has 0 aromatic heterocycles. The van der Waals surface area contributed by atoms with Gasteiger partial charge in [0.15, 0.2) is 0 Å². The van der Waals surface area contributed by atoms with Crippen molar-refractivity contribution in [2.75, 3.05) is 12.0 Å². The molecule has 0 fully saturated rings. The predicted octanol–water partition coefficient (Wildman–Crippen LogP) is 5.49. The normalized spacial score (nSPS) is 10.9. The molecule has 2 rings (SSSR count). The maximum absolute atomic E-state index is 6.05. The molecule has 0 aliphatic heterocycles. The van der Waals surface area contributed by atoms with Crippen molar-refractivity contribution >= 4 is 46.7 Å². The Balaban J connectivity index is 2.05. The number of nitrogens with one attached hydrogen (secondary N) is 1. The lowest BCUT2D eigenvalue weighted by Gasteiger charge is -2.06. The van der Waals surface area contributed by atoms with Crippen LogP contribution in [0.15, 0.2) is 41.5 Å². The molecule has 0 saturated carbocycles. The van der Waals surface area contributed by atoms with E-state index in [-0.39, 0.29) is 0 Å². The van der Waals surface area contributed by atoms with Gasteiger partial charge in [0, 0.05) is 5.02 Å². The van der Waals surface area contributed by atoms with Crippen molar-refractivity contribution in [1.82, 2.24) is 0 Å². The molecule has 1 N–H and O–H groups in total. The number of nitrogens with zero attached hydrogens (tertiary/aromatic N) is 1. The second kappa shape index (κ2) is 7.55. The van der Waals surface area contributed by atoms with Crippen LogP contribution >= 0.6 is 34.8 Å². The fraction of sp³-hybridized carbons (Fsp3) is 0.133. The lowest BCUT2D eigenvalue weighted by Crippen LogP contribution is -1.94. The van der Waals surface area contributed by atoms with Gasteiger partial charge in [-0.15, -0.1) is 0 Å². The van der Waals surface area contributed by atoms with Crippen LogP contribution in [0.2, 0.25) is 15.1 Å². The van der Waals surface area contributed by atoms with Gasteiger partial charge in [0.1, 0.15) is 5.75 Å². The Morgan fingerprint density at radius 3 is 2.29 bits per heavy atom. The highest BCUT2D eigenvalue weighted by Crippen LogP contribution is 2.33. The maximum atomic E-state index is 6.05. The van der Waals surface area contributed by atoms with E-state index < -0.39 is 0 Å².